The third kappa shape index (κ3) is 4.02. The van der Waals surface area contributed by atoms with E-state index in [-0.39, 0.29) is 6.10 Å². The van der Waals surface area contributed by atoms with Crippen LogP contribution in [-0.4, -0.2) is 16.5 Å². The van der Waals surface area contributed by atoms with E-state index in [0.717, 1.165) is 5.75 Å². The maximum atomic E-state index is 9.28. The fraction of sp³-hybridized carbons (Fsp3) is 0.556. The molecule has 4 heteroatoms. The molecular formula is C9H13BrOS2. The standard InChI is InChI=1S/C9H13BrOS2/c1-6(11)7(2)12-4-8-3-9(10)13-5-8/h3,5-7,11H,4H2,1-2H3. The van der Waals surface area contributed by atoms with Gasteiger partial charge in [0.05, 0.1) is 9.89 Å². The molecule has 0 saturated carbocycles. The Morgan fingerprint density at radius 1 is 1.62 bits per heavy atom. The Bertz CT molecular complexity index is 260. The van der Waals surface area contributed by atoms with Crippen molar-refractivity contribution >= 4 is 39.0 Å². The van der Waals surface area contributed by atoms with Crippen LogP contribution in [0.5, 0.6) is 0 Å². The molecule has 0 amide bonds. The number of aliphatic hydroxyl groups excluding tert-OH is 1. The highest BCUT2D eigenvalue weighted by atomic mass is 79.9. The topological polar surface area (TPSA) is 20.2 Å². The highest BCUT2D eigenvalue weighted by molar-refractivity contribution is 9.11. The van der Waals surface area contributed by atoms with Crippen LogP contribution in [-0.2, 0) is 5.75 Å². The highest BCUT2D eigenvalue weighted by Gasteiger charge is 2.09. The van der Waals surface area contributed by atoms with Crippen molar-refractivity contribution in [3.63, 3.8) is 0 Å². The maximum Gasteiger partial charge on any atom is 0.0701 e. The average Bonchev–Trinajstić information content (AvgIpc) is 2.47. The van der Waals surface area contributed by atoms with Gasteiger partial charge in [-0.25, -0.2) is 0 Å². The fourth-order valence-corrected chi connectivity index (χ4v) is 3.00. The molecule has 1 nitrogen and oxygen atoms in total. The number of halogens is 1. The SMILES string of the molecule is CC(O)C(C)SCc1csc(Br)c1. The molecule has 1 aromatic heterocycles. The maximum absolute atomic E-state index is 9.28. The van der Waals surface area contributed by atoms with Crippen LogP contribution in [0.1, 0.15) is 19.4 Å². The lowest BCUT2D eigenvalue weighted by molar-refractivity contribution is 0.196. The molecule has 0 spiro atoms. The van der Waals surface area contributed by atoms with Crippen LogP contribution in [0.2, 0.25) is 0 Å². The molecular weight excluding hydrogens is 268 g/mol. The largest absolute Gasteiger partial charge is 0.392 e. The second-order valence-electron chi connectivity index (χ2n) is 3.02. The van der Waals surface area contributed by atoms with Gasteiger partial charge in [-0.2, -0.15) is 11.8 Å². The average molecular weight is 281 g/mol. The number of hydrogen-bond acceptors (Lipinski definition) is 3. The zero-order chi connectivity index (χ0) is 9.84. The van der Waals surface area contributed by atoms with Gasteiger partial charge in [0.15, 0.2) is 0 Å². The van der Waals surface area contributed by atoms with Gasteiger partial charge in [-0.15, -0.1) is 11.3 Å². The molecule has 2 atom stereocenters. The van der Waals surface area contributed by atoms with Crippen LogP contribution in [0.3, 0.4) is 0 Å². The zero-order valence-corrected chi connectivity index (χ0v) is 10.9. The molecule has 0 aromatic carbocycles. The van der Waals surface area contributed by atoms with Gasteiger partial charge in [0.25, 0.3) is 0 Å². The Kier molecular flexibility index (Phi) is 4.80. The monoisotopic (exact) mass is 280 g/mol. The lowest BCUT2D eigenvalue weighted by Gasteiger charge is -2.12. The van der Waals surface area contributed by atoms with Crippen molar-refractivity contribution < 1.29 is 5.11 Å². The molecule has 1 N–H and O–H groups in total. The van der Waals surface area contributed by atoms with E-state index in [1.54, 1.807) is 23.1 Å². The summed E-state index contributed by atoms with van der Waals surface area (Å²) >= 11 is 6.92. The summed E-state index contributed by atoms with van der Waals surface area (Å²) in [5, 5.41) is 11.7. The second kappa shape index (κ2) is 5.39. The van der Waals surface area contributed by atoms with E-state index in [1.165, 1.54) is 9.35 Å². The first-order valence-electron chi connectivity index (χ1n) is 4.12. The van der Waals surface area contributed by atoms with Crippen molar-refractivity contribution in [3.05, 3.63) is 20.8 Å². The summed E-state index contributed by atoms with van der Waals surface area (Å²) in [6.07, 6.45) is -0.230. The predicted octanol–water partition coefficient (Wildman–Crippen LogP) is 3.51. The number of hydrogen-bond donors (Lipinski definition) is 1. The molecule has 74 valence electrons. The van der Waals surface area contributed by atoms with E-state index in [0.29, 0.717) is 5.25 Å². The quantitative estimate of drug-likeness (QED) is 0.911. The van der Waals surface area contributed by atoms with Gasteiger partial charge < -0.3 is 5.11 Å². The van der Waals surface area contributed by atoms with Crippen LogP contribution >= 0.6 is 39.0 Å². The fourth-order valence-electron chi connectivity index (χ4n) is 0.788. The molecule has 0 aliphatic carbocycles. The molecule has 13 heavy (non-hydrogen) atoms. The lowest BCUT2D eigenvalue weighted by atomic mass is 10.3. The summed E-state index contributed by atoms with van der Waals surface area (Å²) in [6.45, 7) is 3.89. The summed E-state index contributed by atoms with van der Waals surface area (Å²) in [4.78, 5) is 0. The van der Waals surface area contributed by atoms with Crippen molar-refractivity contribution in [2.75, 3.05) is 0 Å². The summed E-state index contributed by atoms with van der Waals surface area (Å²) in [5.41, 5.74) is 1.33. The number of thiophene rings is 1. The smallest absolute Gasteiger partial charge is 0.0701 e. The minimum Gasteiger partial charge on any atom is -0.392 e. The Labute approximate surface area is 95.7 Å². The second-order valence-corrected chi connectivity index (χ2v) is 6.67. The van der Waals surface area contributed by atoms with Crippen molar-refractivity contribution in [1.29, 1.82) is 0 Å². The van der Waals surface area contributed by atoms with Gasteiger partial charge in [0.2, 0.25) is 0 Å². The van der Waals surface area contributed by atoms with E-state index < -0.39 is 0 Å². The first-order valence-corrected chi connectivity index (χ1v) is 6.84. The Morgan fingerprint density at radius 3 is 2.77 bits per heavy atom. The van der Waals surface area contributed by atoms with E-state index in [4.69, 9.17) is 0 Å². The molecule has 1 heterocycles. The van der Waals surface area contributed by atoms with Gasteiger partial charge >= 0.3 is 0 Å². The van der Waals surface area contributed by atoms with Gasteiger partial charge in [0, 0.05) is 11.0 Å². The van der Waals surface area contributed by atoms with Crippen LogP contribution in [0.25, 0.3) is 0 Å². The number of rotatable bonds is 4. The van der Waals surface area contributed by atoms with E-state index >= 15 is 0 Å². The normalized spacial score (nSPS) is 15.7. The third-order valence-corrected chi connectivity index (χ3v) is 4.79. The van der Waals surface area contributed by atoms with Gasteiger partial charge in [0.1, 0.15) is 0 Å². The van der Waals surface area contributed by atoms with Crippen molar-refractivity contribution in [2.45, 2.75) is 31.0 Å². The van der Waals surface area contributed by atoms with Crippen molar-refractivity contribution in [1.82, 2.24) is 0 Å². The Morgan fingerprint density at radius 2 is 2.31 bits per heavy atom. The van der Waals surface area contributed by atoms with Crippen LogP contribution in [0.15, 0.2) is 15.2 Å². The van der Waals surface area contributed by atoms with E-state index in [1.807, 2.05) is 6.92 Å². The van der Waals surface area contributed by atoms with Gasteiger partial charge in [-0.05, 0) is 39.9 Å². The minimum atomic E-state index is -0.230. The molecule has 1 aromatic rings. The number of thioether (sulfide) groups is 1. The molecule has 0 bridgehead atoms. The molecule has 0 fully saturated rings. The Balaban J connectivity index is 2.35. The summed E-state index contributed by atoms with van der Waals surface area (Å²) < 4.78 is 1.17. The molecule has 0 saturated heterocycles. The lowest BCUT2D eigenvalue weighted by Crippen LogP contribution is -2.15. The molecule has 1 rings (SSSR count). The summed E-state index contributed by atoms with van der Waals surface area (Å²) in [6, 6.07) is 2.13. The van der Waals surface area contributed by atoms with Gasteiger partial charge in [-0.1, -0.05) is 6.92 Å². The van der Waals surface area contributed by atoms with Crippen LogP contribution < -0.4 is 0 Å². The van der Waals surface area contributed by atoms with Crippen LogP contribution in [0.4, 0.5) is 0 Å². The van der Waals surface area contributed by atoms with Crippen molar-refractivity contribution in [2.24, 2.45) is 0 Å². The van der Waals surface area contributed by atoms with Gasteiger partial charge in [-0.3, -0.25) is 0 Å². The first-order chi connectivity index (χ1) is 6.09. The molecule has 0 aliphatic rings. The minimum absolute atomic E-state index is 0.230. The van der Waals surface area contributed by atoms with Crippen LogP contribution in [0, 0.1) is 0 Å². The highest BCUT2D eigenvalue weighted by Crippen LogP contribution is 2.26. The summed E-state index contributed by atoms with van der Waals surface area (Å²) in [7, 11) is 0. The molecule has 2 unspecified atom stereocenters. The first kappa shape index (κ1) is 11.6. The predicted molar refractivity (Wildman–Crippen MR) is 64.5 cm³/mol. The Hall–Kier alpha value is 0.490. The molecule has 0 aliphatic heterocycles. The number of aliphatic hydroxyl groups is 1. The summed E-state index contributed by atoms with van der Waals surface area (Å²) in [5.74, 6) is 0.980. The van der Waals surface area contributed by atoms with E-state index in [9.17, 15) is 5.11 Å². The third-order valence-electron chi connectivity index (χ3n) is 1.81. The zero-order valence-electron chi connectivity index (χ0n) is 7.66. The van der Waals surface area contributed by atoms with E-state index in [2.05, 4.69) is 34.3 Å². The van der Waals surface area contributed by atoms with Crippen molar-refractivity contribution in [3.8, 4) is 0 Å². The molecule has 0 radical (unpaired) electrons.